The van der Waals surface area contributed by atoms with Crippen molar-refractivity contribution < 1.29 is 14.4 Å². The molecule has 0 bridgehead atoms. The Balaban J connectivity index is 2.39. The van der Waals surface area contributed by atoms with Crippen molar-refractivity contribution in [1.82, 2.24) is 4.90 Å². The van der Waals surface area contributed by atoms with E-state index in [0.717, 1.165) is 6.42 Å². The molecule has 1 aliphatic heterocycles. The third-order valence-electron chi connectivity index (χ3n) is 1.84. The van der Waals surface area contributed by atoms with E-state index in [2.05, 4.69) is 4.84 Å². The number of carbonyl (C=O) groups is 1. The molecule has 0 aromatic carbocycles. The van der Waals surface area contributed by atoms with Gasteiger partial charge in [-0.15, -0.1) is 0 Å². The number of rotatable bonds is 1. The Morgan fingerprint density at radius 2 is 2.55 bits per heavy atom. The van der Waals surface area contributed by atoms with Crippen LogP contribution in [0, 0.1) is 0 Å². The lowest BCUT2D eigenvalue weighted by Gasteiger charge is -2.20. The summed E-state index contributed by atoms with van der Waals surface area (Å²) in [5, 5.41) is 0. The van der Waals surface area contributed by atoms with Gasteiger partial charge in [0, 0.05) is 13.7 Å². The number of hydrogen-bond donors (Lipinski definition) is 1. The summed E-state index contributed by atoms with van der Waals surface area (Å²) in [5.41, 5.74) is 0. The van der Waals surface area contributed by atoms with Gasteiger partial charge in [-0.3, -0.25) is 0 Å². The molecule has 5 heteroatoms. The van der Waals surface area contributed by atoms with Crippen LogP contribution in [0.5, 0.6) is 0 Å². The molecule has 1 fully saturated rings. The SMILES string of the molecule is CN(C(=O)ON)C1CCOC1. The Morgan fingerprint density at radius 1 is 1.82 bits per heavy atom. The number of ether oxygens (including phenoxy) is 1. The van der Waals surface area contributed by atoms with Crippen LogP contribution < -0.4 is 5.90 Å². The van der Waals surface area contributed by atoms with E-state index < -0.39 is 6.09 Å². The van der Waals surface area contributed by atoms with E-state index in [4.69, 9.17) is 10.6 Å². The summed E-state index contributed by atoms with van der Waals surface area (Å²) >= 11 is 0. The molecule has 64 valence electrons. The van der Waals surface area contributed by atoms with E-state index in [9.17, 15) is 4.79 Å². The van der Waals surface area contributed by atoms with Gasteiger partial charge in [0.25, 0.3) is 0 Å². The molecular formula is C6H12N2O3. The second-order valence-electron chi connectivity index (χ2n) is 2.51. The molecule has 1 amide bonds. The van der Waals surface area contributed by atoms with Gasteiger partial charge in [0.1, 0.15) is 0 Å². The van der Waals surface area contributed by atoms with E-state index in [0.29, 0.717) is 13.2 Å². The monoisotopic (exact) mass is 160 g/mol. The first-order chi connectivity index (χ1) is 5.25. The molecule has 5 nitrogen and oxygen atoms in total. The highest BCUT2D eigenvalue weighted by molar-refractivity contribution is 5.67. The van der Waals surface area contributed by atoms with Crippen molar-refractivity contribution in [1.29, 1.82) is 0 Å². The number of nitrogens with zero attached hydrogens (tertiary/aromatic N) is 1. The van der Waals surface area contributed by atoms with Gasteiger partial charge < -0.3 is 14.5 Å². The molecule has 1 aliphatic rings. The van der Waals surface area contributed by atoms with Crippen molar-refractivity contribution >= 4 is 6.09 Å². The zero-order chi connectivity index (χ0) is 8.27. The first kappa shape index (κ1) is 8.29. The Labute approximate surface area is 65.0 Å². The minimum atomic E-state index is -0.513. The summed E-state index contributed by atoms with van der Waals surface area (Å²) in [6.45, 7) is 1.28. The number of amides is 1. The average molecular weight is 160 g/mol. The summed E-state index contributed by atoms with van der Waals surface area (Å²) < 4.78 is 5.08. The topological polar surface area (TPSA) is 64.8 Å². The summed E-state index contributed by atoms with van der Waals surface area (Å²) in [6.07, 6.45) is 0.339. The lowest BCUT2D eigenvalue weighted by molar-refractivity contribution is 0.0917. The predicted octanol–water partition coefficient (Wildman–Crippen LogP) is -0.283. The fourth-order valence-corrected chi connectivity index (χ4v) is 1.06. The summed E-state index contributed by atoms with van der Waals surface area (Å²) in [7, 11) is 1.65. The van der Waals surface area contributed by atoms with Crippen LogP contribution in [0.25, 0.3) is 0 Å². The Bertz CT molecular complexity index is 145. The first-order valence-electron chi connectivity index (χ1n) is 3.47. The van der Waals surface area contributed by atoms with Crippen LogP contribution in [-0.4, -0.2) is 37.3 Å². The van der Waals surface area contributed by atoms with E-state index in [1.165, 1.54) is 4.90 Å². The molecule has 0 spiro atoms. The van der Waals surface area contributed by atoms with Crippen molar-refractivity contribution in [3.63, 3.8) is 0 Å². The summed E-state index contributed by atoms with van der Waals surface area (Å²) in [4.78, 5) is 16.3. The van der Waals surface area contributed by atoms with Crippen LogP contribution in [-0.2, 0) is 9.57 Å². The Kier molecular flexibility index (Phi) is 2.67. The number of carbonyl (C=O) groups excluding carboxylic acids is 1. The van der Waals surface area contributed by atoms with Gasteiger partial charge >= 0.3 is 6.09 Å². The van der Waals surface area contributed by atoms with Gasteiger partial charge in [0.2, 0.25) is 0 Å². The largest absolute Gasteiger partial charge is 0.428 e. The van der Waals surface area contributed by atoms with Crippen LogP contribution in [0.3, 0.4) is 0 Å². The molecule has 1 rings (SSSR count). The lowest BCUT2D eigenvalue weighted by Crippen LogP contribution is -2.38. The number of nitrogens with two attached hydrogens (primary N) is 1. The zero-order valence-corrected chi connectivity index (χ0v) is 6.45. The van der Waals surface area contributed by atoms with Gasteiger partial charge in [-0.05, 0) is 6.42 Å². The van der Waals surface area contributed by atoms with E-state index in [1.54, 1.807) is 7.05 Å². The van der Waals surface area contributed by atoms with Gasteiger partial charge in [0.05, 0.1) is 12.6 Å². The van der Waals surface area contributed by atoms with Crippen molar-refractivity contribution in [2.24, 2.45) is 5.90 Å². The van der Waals surface area contributed by atoms with Gasteiger partial charge in [0.15, 0.2) is 0 Å². The van der Waals surface area contributed by atoms with Crippen LogP contribution in [0.15, 0.2) is 0 Å². The maximum Gasteiger partial charge on any atom is 0.428 e. The fourth-order valence-electron chi connectivity index (χ4n) is 1.06. The molecule has 11 heavy (non-hydrogen) atoms. The van der Waals surface area contributed by atoms with Crippen molar-refractivity contribution in [3.05, 3.63) is 0 Å². The van der Waals surface area contributed by atoms with E-state index >= 15 is 0 Å². The summed E-state index contributed by atoms with van der Waals surface area (Å²) in [5.74, 6) is 4.71. The molecule has 2 N–H and O–H groups in total. The maximum atomic E-state index is 10.8. The first-order valence-corrected chi connectivity index (χ1v) is 3.47. The minimum Gasteiger partial charge on any atom is -0.379 e. The van der Waals surface area contributed by atoms with Gasteiger partial charge in [-0.1, -0.05) is 0 Å². The predicted molar refractivity (Wildman–Crippen MR) is 37.7 cm³/mol. The number of hydrogen-bond acceptors (Lipinski definition) is 4. The quantitative estimate of drug-likeness (QED) is 0.536. The van der Waals surface area contributed by atoms with Crippen LogP contribution >= 0.6 is 0 Å². The third kappa shape index (κ3) is 1.81. The van der Waals surface area contributed by atoms with Crippen molar-refractivity contribution in [2.75, 3.05) is 20.3 Å². The molecule has 0 aromatic heterocycles. The van der Waals surface area contributed by atoms with Crippen molar-refractivity contribution in [3.8, 4) is 0 Å². The number of likely N-dealkylation sites (N-methyl/N-ethyl adjacent to an activating group) is 1. The van der Waals surface area contributed by atoms with Crippen LogP contribution in [0.1, 0.15) is 6.42 Å². The van der Waals surface area contributed by atoms with Crippen molar-refractivity contribution in [2.45, 2.75) is 12.5 Å². The highest BCUT2D eigenvalue weighted by Crippen LogP contribution is 2.10. The molecule has 1 saturated heterocycles. The molecule has 1 atom stereocenters. The van der Waals surface area contributed by atoms with E-state index in [1.807, 2.05) is 0 Å². The van der Waals surface area contributed by atoms with Crippen LogP contribution in [0.2, 0.25) is 0 Å². The van der Waals surface area contributed by atoms with Gasteiger partial charge in [-0.2, -0.15) is 5.90 Å². The standard InChI is InChI=1S/C6H12N2O3/c1-8(6(9)11-7)5-2-3-10-4-5/h5H,2-4,7H2,1H3. The molecule has 1 heterocycles. The van der Waals surface area contributed by atoms with Gasteiger partial charge in [-0.25, -0.2) is 4.79 Å². The Morgan fingerprint density at radius 3 is 3.00 bits per heavy atom. The summed E-state index contributed by atoms with van der Waals surface area (Å²) in [6, 6.07) is 0.117. The second-order valence-corrected chi connectivity index (χ2v) is 2.51. The molecule has 0 saturated carbocycles. The second kappa shape index (κ2) is 3.54. The molecular weight excluding hydrogens is 148 g/mol. The average Bonchev–Trinajstić information content (AvgIpc) is 2.53. The maximum absolute atomic E-state index is 10.8. The highest BCUT2D eigenvalue weighted by atomic mass is 16.7. The highest BCUT2D eigenvalue weighted by Gasteiger charge is 2.24. The van der Waals surface area contributed by atoms with Crippen LogP contribution in [0.4, 0.5) is 4.79 Å². The molecule has 0 aromatic rings. The minimum absolute atomic E-state index is 0.117. The Hall–Kier alpha value is -0.810. The zero-order valence-electron chi connectivity index (χ0n) is 6.45. The molecule has 0 radical (unpaired) electrons. The molecule has 0 aliphatic carbocycles. The smallest absolute Gasteiger partial charge is 0.379 e. The fraction of sp³-hybridized carbons (Fsp3) is 0.833. The molecule has 1 unspecified atom stereocenters. The van der Waals surface area contributed by atoms with E-state index in [-0.39, 0.29) is 6.04 Å². The third-order valence-corrected chi connectivity index (χ3v) is 1.84. The lowest BCUT2D eigenvalue weighted by atomic mass is 10.2. The normalized spacial score (nSPS) is 23.3.